The molecule has 1 fully saturated rings. The van der Waals surface area contributed by atoms with Crippen LogP contribution < -0.4 is 0 Å². The number of carbonyl (C=O) groups is 2. The van der Waals surface area contributed by atoms with Crippen LogP contribution in [0.4, 0.5) is 0 Å². The van der Waals surface area contributed by atoms with Crippen LogP contribution >= 0.6 is 0 Å². The van der Waals surface area contributed by atoms with Crippen LogP contribution in [0.2, 0.25) is 0 Å². The van der Waals surface area contributed by atoms with Gasteiger partial charge >= 0.3 is 11.9 Å². The van der Waals surface area contributed by atoms with Crippen LogP contribution in [0.15, 0.2) is 40.3 Å². The Balaban J connectivity index is 1.60. The van der Waals surface area contributed by atoms with Crippen LogP contribution in [0.5, 0.6) is 0 Å². The minimum Gasteiger partial charge on any atom is -0.461 e. The number of allylic oxidation sites excluding steroid dienone is 1. The number of hydrogen-bond donors (Lipinski definition) is 0. The van der Waals surface area contributed by atoms with E-state index in [2.05, 4.69) is 46.8 Å². The molecule has 0 radical (unpaired) electrons. The van der Waals surface area contributed by atoms with E-state index in [0.29, 0.717) is 49.0 Å². The van der Waals surface area contributed by atoms with Gasteiger partial charge in [0.2, 0.25) is 0 Å². The molecule has 1 unspecified atom stereocenters. The van der Waals surface area contributed by atoms with E-state index < -0.39 is 11.5 Å². The largest absolute Gasteiger partial charge is 0.461 e. The fourth-order valence-corrected chi connectivity index (χ4v) is 5.61. The Hall–Kier alpha value is -2.56. The van der Waals surface area contributed by atoms with Crippen molar-refractivity contribution < 1.29 is 23.5 Å². The molecule has 1 aliphatic heterocycles. The molecule has 0 bridgehead atoms. The van der Waals surface area contributed by atoms with E-state index in [4.69, 9.17) is 13.9 Å². The zero-order valence-electron chi connectivity index (χ0n) is 23.9. The highest BCUT2D eigenvalue weighted by atomic mass is 16.6. The number of rotatable bonds is 13. The second-order valence-electron chi connectivity index (χ2n) is 11.8. The van der Waals surface area contributed by atoms with Crippen molar-refractivity contribution in [3.63, 3.8) is 0 Å². The van der Waals surface area contributed by atoms with Gasteiger partial charge in [-0.25, -0.2) is 4.79 Å². The average Bonchev–Trinajstić information content (AvgIpc) is 3.40. The van der Waals surface area contributed by atoms with Gasteiger partial charge in [-0.3, -0.25) is 4.79 Å². The lowest BCUT2D eigenvalue weighted by Crippen LogP contribution is -2.35. The van der Waals surface area contributed by atoms with Crippen LogP contribution in [0.25, 0.3) is 11.0 Å². The molecule has 0 spiro atoms. The number of benzene rings is 1. The quantitative estimate of drug-likeness (QED) is 0.202. The zero-order chi connectivity index (χ0) is 27.2. The van der Waals surface area contributed by atoms with E-state index in [1.165, 1.54) is 5.56 Å². The lowest BCUT2D eigenvalue weighted by molar-refractivity contribution is -0.162. The lowest BCUT2D eigenvalue weighted by atomic mass is 9.78. The second kappa shape index (κ2) is 12.8. The summed E-state index contributed by atoms with van der Waals surface area (Å²) in [7, 11) is 0. The molecule has 1 atom stereocenters. The third-order valence-electron chi connectivity index (χ3n) is 7.71. The van der Waals surface area contributed by atoms with Crippen LogP contribution in [-0.4, -0.2) is 24.6 Å². The fraction of sp³-hybridized carbons (Fsp3) is 0.625. The smallest absolute Gasteiger partial charge is 0.334 e. The molecule has 2 aromatic rings. The first-order valence-corrected chi connectivity index (χ1v) is 14.1. The van der Waals surface area contributed by atoms with Crippen molar-refractivity contribution in [2.75, 3.05) is 6.61 Å². The van der Waals surface area contributed by atoms with Crippen molar-refractivity contribution in [1.29, 1.82) is 0 Å². The Morgan fingerprint density at radius 3 is 2.41 bits per heavy atom. The van der Waals surface area contributed by atoms with E-state index in [9.17, 15) is 9.59 Å². The van der Waals surface area contributed by atoms with Crippen molar-refractivity contribution in [2.24, 2.45) is 23.2 Å². The summed E-state index contributed by atoms with van der Waals surface area (Å²) < 4.78 is 17.4. The van der Waals surface area contributed by atoms with Gasteiger partial charge in [0, 0.05) is 23.8 Å². The van der Waals surface area contributed by atoms with E-state index in [1.807, 2.05) is 32.0 Å². The summed E-state index contributed by atoms with van der Waals surface area (Å²) >= 11 is 0. The number of cyclic esters (lactones) is 1. The predicted octanol–water partition coefficient (Wildman–Crippen LogP) is 7.97. The highest BCUT2D eigenvalue weighted by Crippen LogP contribution is 2.35. The van der Waals surface area contributed by atoms with Gasteiger partial charge < -0.3 is 13.9 Å². The maximum atomic E-state index is 13.3. The summed E-state index contributed by atoms with van der Waals surface area (Å²) in [6.07, 6.45) is 7.09. The highest BCUT2D eigenvalue weighted by Gasteiger charge is 2.39. The third kappa shape index (κ3) is 7.72. The molecule has 0 N–H and O–H groups in total. The summed E-state index contributed by atoms with van der Waals surface area (Å²) in [4.78, 5) is 25.8. The molecule has 0 aliphatic carbocycles. The first-order chi connectivity index (χ1) is 17.5. The SMILES string of the molecule is CCC(CC)(Cc1cc2cc(C)ccc2o1)C(=O)OCC1C/C(=C\CC(CC(C)C)CC(C)C)C(=O)O1. The minimum atomic E-state index is -0.675. The molecule has 1 aromatic carbocycles. The Labute approximate surface area is 223 Å². The van der Waals surface area contributed by atoms with E-state index >= 15 is 0 Å². The van der Waals surface area contributed by atoms with Gasteiger partial charge in [-0.1, -0.05) is 59.2 Å². The standard InChI is InChI=1S/C32H46O5/c1-8-32(9-2,19-27-18-26-16-23(7)10-13-29(26)36-27)31(34)35-20-28-17-25(30(33)37-28)12-11-24(14-21(3)4)15-22(5)6/h10,12-13,16,18,21-22,24,28H,8-9,11,14-15,17,19-20H2,1-7H3/b25-12+. The monoisotopic (exact) mass is 510 g/mol. The van der Waals surface area contributed by atoms with Gasteiger partial charge in [0.15, 0.2) is 0 Å². The van der Waals surface area contributed by atoms with Gasteiger partial charge in [0.25, 0.3) is 0 Å². The minimum absolute atomic E-state index is 0.0877. The van der Waals surface area contributed by atoms with Crippen molar-refractivity contribution in [3.05, 3.63) is 47.2 Å². The highest BCUT2D eigenvalue weighted by molar-refractivity contribution is 5.90. The predicted molar refractivity (Wildman–Crippen MR) is 148 cm³/mol. The molecule has 5 nitrogen and oxygen atoms in total. The summed E-state index contributed by atoms with van der Waals surface area (Å²) in [6, 6.07) is 8.11. The second-order valence-corrected chi connectivity index (χ2v) is 11.8. The van der Waals surface area contributed by atoms with E-state index in [-0.39, 0.29) is 18.5 Å². The fourth-order valence-electron chi connectivity index (χ4n) is 5.61. The van der Waals surface area contributed by atoms with Crippen LogP contribution in [0, 0.1) is 30.1 Å². The van der Waals surface area contributed by atoms with Gasteiger partial charge in [-0.05, 0) is 75.0 Å². The van der Waals surface area contributed by atoms with Crippen molar-refractivity contribution in [1.82, 2.24) is 0 Å². The van der Waals surface area contributed by atoms with Crippen LogP contribution in [0.3, 0.4) is 0 Å². The van der Waals surface area contributed by atoms with Crippen molar-refractivity contribution in [3.8, 4) is 0 Å². The summed E-state index contributed by atoms with van der Waals surface area (Å²) in [5, 5.41) is 1.05. The zero-order valence-corrected chi connectivity index (χ0v) is 23.9. The van der Waals surface area contributed by atoms with Crippen molar-refractivity contribution in [2.45, 2.75) is 99.5 Å². The Morgan fingerprint density at radius 2 is 1.78 bits per heavy atom. The van der Waals surface area contributed by atoms with Gasteiger partial charge in [0.1, 0.15) is 24.1 Å². The Morgan fingerprint density at radius 1 is 1.11 bits per heavy atom. The average molecular weight is 511 g/mol. The molecular weight excluding hydrogens is 464 g/mol. The summed E-state index contributed by atoms with van der Waals surface area (Å²) in [5.41, 5.74) is 2.04. The number of hydrogen-bond acceptors (Lipinski definition) is 5. The number of fused-ring (bicyclic) bond motifs is 1. The molecule has 1 aliphatic rings. The number of carbonyl (C=O) groups excluding carboxylic acids is 2. The molecule has 3 rings (SSSR count). The molecule has 5 heteroatoms. The number of furan rings is 1. The number of aryl methyl sites for hydroxylation is 1. The first kappa shape index (κ1) is 29.0. The first-order valence-electron chi connectivity index (χ1n) is 14.1. The molecule has 0 saturated carbocycles. The molecule has 1 saturated heterocycles. The Bertz CT molecular complexity index is 1080. The molecule has 204 valence electrons. The molecule has 1 aromatic heterocycles. The van der Waals surface area contributed by atoms with Gasteiger partial charge in [-0.15, -0.1) is 0 Å². The van der Waals surface area contributed by atoms with Crippen LogP contribution in [-0.2, 0) is 25.5 Å². The van der Waals surface area contributed by atoms with E-state index in [0.717, 1.165) is 36.0 Å². The molecule has 37 heavy (non-hydrogen) atoms. The summed E-state index contributed by atoms with van der Waals surface area (Å²) in [5.74, 6) is 2.09. The normalized spacial score (nSPS) is 17.5. The third-order valence-corrected chi connectivity index (χ3v) is 7.71. The topological polar surface area (TPSA) is 65.7 Å². The van der Waals surface area contributed by atoms with Crippen molar-refractivity contribution >= 4 is 22.9 Å². The van der Waals surface area contributed by atoms with Gasteiger partial charge in [0.05, 0.1) is 5.41 Å². The maximum absolute atomic E-state index is 13.3. The van der Waals surface area contributed by atoms with Crippen LogP contribution in [0.1, 0.15) is 91.4 Å². The number of esters is 2. The Kier molecular flexibility index (Phi) is 10.0. The summed E-state index contributed by atoms with van der Waals surface area (Å²) in [6.45, 7) is 15.2. The molecule has 0 amide bonds. The van der Waals surface area contributed by atoms with Gasteiger partial charge in [-0.2, -0.15) is 0 Å². The molecule has 2 heterocycles. The lowest BCUT2D eigenvalue weighted by Gasteiger charge is -2.28. The number of ether oxygens (including phenoxy) is 2. The van der Waals surface area contributed by atoms with E-state index in [1.54, 1.807) is 0 Å². The maximum Gasteiger partial charge on any atom is 0.334 e. The molecular formula is C32H46O5.